The lowest BCUT2D eigenvalue weighted by atomic mass is 9.92. The van der Waals surface area contributed by atoms with E-state index in [0.29, 0.717) is 5.54 Å². The lowest BCUT2D eigenvalue weighted by molar-refractivity contribution is 0.542. The van der Waals surface area contributed by atoms with Gasteiger partial charge in [-0.2, -0.15) is 0 Å². The summed E-state index contributed by atoms with van der Waals surface area (Å²) in [5.41, 5.74) is 7.68. The summed E-state index contributed by atoms with van der Waals surface area (Å²) in [6.07, 6.45) is 12.3. The Balaban J connectivity index is 1.63. The van der Waals surface area contributed by atoms with E-state index in [0.717, 1.165) is 17.4 Å². The molecule has 1 heteroatoms. The van der Waals surface area contributed by atoms with Crippen molar-refractivity contribution in [3.05, 3.63) is 84.0 Å². The van der Waals surface area contributed by atoms with E-state index < -0.39 is 8.07 Å². The molecular formula is C24H26Si. The molecule has 0 bridgehead atoms. The number of hydrogen-bond donors (Lipinski definition) is 0. The molecule has 0 radical (unpaired) electrons. The average Bonchev–Trinajstić information content (AvgIpc) is 3.22. The van der Waals surface area contributed by atoms with Gasteiger partial charge in [0.1, 0.15) is 0 Å². The summed E-state index contributed by atoms with van der Waals surface area (Å²) in [7, 11) is -1.53. The van der Waals surface area contributed by atoms with Crippen molar-refractivity contribution >= 4 is 8.07 Å². The van der Waals surface area contributed by atoms with E-state index >= 15 is 0 Å². The number of benzene rings is 2. The smallest absolute Gasteiger partial charge is 0.0641 e. The van der Waals surface area contributed by atoms with Crippen molar-refractivity contribution < 1.29 is 0 Å². The Morgan fingerprint density at radius 2 is 1.36 bits per heavy atom. The summed E-state index contributed by atoms with van der Waals surface area (Å²) in [6, 6.07) is 18.3. The molecule has 2 aromatic carbocycles. The predicted molar refractivity (Wildman–Crippen MR) is 109 cm³/mol. The van der Waals surface area contributed by atoms with Gasteiger partial charge in [-0.1, -0.05) is 92.3 Å². The molecule has 1 fully saturated rings. The van der Waals surface area contributed by atoms with Crippen molar-refractivity contribution in [2.24, 2.45) is 11.8 Å². The van der Waals surface area contributed by atoms with Gasteiger partial charge in [-0.3, -0.25) is 0 Å². The van der Waals surface area contributed by atoms with Crippen LogP contribution >= 0.6 is 0 Å². The fourth-order valence-corrected chi connectivity index (χ4v) is 10.8. The van der Waals surface area contributed by atoms with E-state index in [4.69, 9.17) is 0 Å². The molecule has 0 N–H and O–H groups in total. The van der Waals surface area contributed by atoms with Gasteiger partial charge in [-0.15, -0.1) is 0 Å². The second-order valence-electron chi connectivity index (χ2n) is 8.62. The average molecular weight is 343 g/mol. The van der Waals surface area contributed by atoms with Crippen LogP contribution < -0.4 is 0 Å². The number of rotatable bonds is 2. The van der Waals surface area contributed by atoms with Gasteiger partial charge >= 0.3 is 0 Å². The van der Waals surface area contributed by atoms with Crippen molar-refractivity contribution in [3.8, 4) is 11.1 Å². The van der Waals surface area contributed by atoms with Crippen LogP contribution in [0.5, 0.6) is 0 Å². The highest BCUT2D eigenvalue weighted by Gasteiger charge is 2.50. The van der Waals surface area contributed by atoms with Crippen LogP contribution in [0, 0.1) is 11.8 Å². The van der Waals surface area contributed by atoms with Crippen molar-refractivity contribution in [1.82, 2.24) is 0 Å². The Morgan fingerprint density at radius 1 is 0.760 bits per heavy atom. The minimum atomic E-state index is -1.53. The molecule has 0 nitrogen and oxygen atoms in total. The highest BCUT2D eigenvalue weighted by molar-refractivity contribution is 6.81. The summed E-state index contributed by atoms with van der Waals surface area (Å²) in [5, 5.41) is 0. The van der Waals surface area contributed by atoms with Crippen molar-refractivity contribution in [1.29, 1.82) is 0 Å². The standard InChI is InChI=1S/C24H26Si/c1-25(2,23-16-15-17-9-3-4-10-18(17)23)24-21-13-7-5-11-19(21)20-12-6-8-14-22(20)24/h3-14,17-18,23-24H,15-16H2,1-2H3. The fourth-order valence-electron chi connectivity index (χ4n) is 6.00. The third kappa shape index (κ3) is 2.18. The Hall–Kier alpha value is -1.86. The Labute approximate surface area is 152 Å². The number of fused-ring (bicyclic) bond motifs is 4. The molecule has 0 spiro atoms. The lowest BCUT2D eigenvalue weighted by Crippen LogP contribution is -2.42. The quantitative estimate of drug-likeness (QED) is 0.541. The van der Waals surface area contributed by atoms with Gasteiger partial charge in [0.05, 0.1) is 8.07 Å². The topological polar surface area (TPSA) is 0 Å². The van der Waals surface area contributed by atoms with Crippen LogP contribution in [0.1, 0.15) is 29.5 Å². The van der Waals surface area contributed by atoms with Gasteiger partial charge < -0.3 is 0 Å². The summed E-state index contributed by atoms with van der Waals surface area (Å²) in [4.78, 5) is 0. The second kappa shape index (κ2) is 5.57. The molecule has 25 heavy (non-hydrogen) atoms. The summed E-state index contributed by atoms with van der Waals surface area (Å²) >= 11 is 0. The Bertz CT molecular complexity index is 828. The van der Waals surface area contributed by atoms with Crippen LogP contribution in [0.25, 0.3) is 11.1 Å². The van der Waals surface area contributed by atoms with Gasteiger partial charge in [0, 0.05) is 5.54 Å². The molecule has 5 rings (SSSR count). The van der Waals surface area contributed by atoms with Crippen LogP contribution in [0.2, 0.25) is 18.6 Å². The van der Waals surface area contributed by atoms with Gasteiger partial charge in [0.15, 0.2) is 0 Å². The minimum absolute atomic E-state index is 0.642. The minimum Gasteiger partial charge on any atom is -0.0808 e. The van der Waals surface area contributed by atoms with Gasteiger partial charge in [0.25, 0.3) is 0 Å². The first-order chi connectivity index (χ1) is 12.2. The Kier molecular flexibility index (Phi) is 3.43. The third-order valence-electron chi connectivity index (χ3n) is 7.11. The molecule has 0 saturated heterocycles. The van der Waals surface area contributed by atoms with Crippen LogP contribution in [0.15, 0.2) is 72.8 Å². The van der Waals surface area contributed by atoms with Gasteiger partial charge in [0.2, 0.25) is 0 Å². The molecule has 0 heterocycles. The van der Waals surface area contributed by atoms with Crippen molar-refractivity contribution in [2.75, 3.05) is 0 Å². The molecule has 0 amide bonds. The summed E-state index contributed by atoms with van der Waals surface area (Å²) < 4.78 is 0. The predicted octanol–water partition coefficient (Wildman–Crippen LogP) is 6.57. The molecule has 3 aliphatic rings. The molecule has 3 atom stereocenters. The van der Waals surface area contributed by atoms with E-state index in [-0.39, 0.29) is 0 Å². The molecule has 126 valence electrons. The molecule has 3 aliphatic carbocycles. The summed E-state index contributed by atoms with van der Waals surface area (Å²) in [6.45, 7) is 5.32. The SMILES string of the molecule is C[Si](C)(C1c2ccccc2-c2ccccc21)C1CCC2C=CC=CC21. The maximum Gasteiger partial charge on any atom is 0.0641 e. The number of hydrogen-bond acceptors (Lipinski definition) is 0. The molecule has 0 aromatic heterocycles. The van der Waals surface area contributed by atoms with Gasteiger partial charge in [-0.25, -0.2) is 0 Å². The number of allylic oxidation sites excluding steroid dienone is 4. The zero-order valence-electron chi connectivity index (χ0n) is 15.2. The third-order valence-corrected chi connectivity index (χ3v) is 11.8. The lowest BCUT2D eigenvalue weighted by Gasteiger charge is -2.40. The van der Waals surface area contributed by atoms with E-state index in [9.17, 15) is 0 Å². The summed E-state index contributed by atoms with van der Waals surface area (Å²) in [5.74, 6) is 1.56. The molecule has 2 aromatic rings. The van der Waals surface area contributed by atoms with E-state index in [1.807, 2.05) is 0 Å². The largest absolute Gasteiger partial charge is 0.0808 e. The maximum atomic E-state index is 2.66. The fraction of sp³-hybridized carbons (Fsp3) is 0.333. The van der Waals surface area contributed by atoms with E-state index in [1.54, 1.807) is 11.1 Å². The molecule has 1 saturated carbocycles. The van der Waals surface area contributed by atoms with Crippen molar-refractivity contribution in [2.45, 2.75) is 37.0 Å². The van der Waals surface area contributed by atoms with Crippen LogP contribution in [-0.4, -0.2) is 8.07 Å². The van der Waals surface area contributed by atoms with Crippen LogP contribution in [0.4, 0.5) is 0 Å². The molecule has 0 aliphatic heterocycles. The van der Waals surface area contributed by atoms with Gasteiger partial charge in [-0.05, 0) is 46.1 Å². The van der Waals surface area contributed by atoms with Crippen molar-refractivity contribution in [3.63, 3.8) is 0 Å². The van der Waals surface area contributed by atoms with Crippen LogP contribution in [-0.2, 0) is 0 Å². The normalized spacial score (nSPS) is 27.2. The first-order valence-corrected chi connectivity index (χ1v) is 12.9. The molecule has 3 unspecified atom stereocenters. The van der Waals surface area contributed by atoms with E-state index in [2.05, 4.69) is 85.9 Å². The van der Waals surface area contributed by atoms with E-state index in [1.165, 1.54) is 24.0 Å². The molecular weight excluding hydrogens is 316 g/mol. The highest BCUT2D eigenvalue weighted by Crippen LogP contribution is 2.57. The second-order valence-corrected chi connectivity index (χ2v) is 13.6. The first-order valence-electron chi connectivity index (χ1n) is 9.71. The first kappa shape index (κ1) is 15.4. The zero-order valence-corrected chi connectivity index (χ0v) is 16.2. The Morgan fingerprint density at radius 3 is 2.04 bits per heavy atom. The highest BCUT2D eigenvalue weighted by atomic mass is 28.3. The maximum absolute atomic E-state index is 2.66. The van der Waals surface area contributed by atoms with Crippen LogP contribution in [0.3, 0.4) is 0 Å². The monoisotopic (exact) mass is 342 g/mol. The zero-order chi connectivity index (χ0) is 17.0.